The predicted molar refractivity (Wildman–Crippen MR) is 318 cm³/mol. The minimum absolute atomic E-state index is 0.00633. The van der Waals surface area contributed by atoms with Crippen molar-refractivity contribution >= 4 is 100 Å². The first kappa shape index (κ1) is 46.2. The number of thiophene rings is 1. The third-order valence-electron chi connectivity index (χ3n) is 17.8. The number of nitrogens with zero attached hydrogens (tertiary/aromatic N) is 3. The summed E-state index contributed by atoms with van der Waals surface area (Å²) in [5, 5.41) is 2.63. The Morgan fingerprint density at radius 2 is 1.10 bits per heavy atom. The van der Waals surface area contributed by atoms with E-state index >= 15 is 0 Å². The second-order valence-corrected chi connectivity index (χ2v) is 26.4. The van der Waals surface area contributed by atoms with Crippen LogP contribution in [0, 0.1) is 0 Å². The molecule has 0 saturated heterocycles. The van der Waals surface area contributed by atoms with Crippen molar-refractivity contribution in [1.29, 1.82) is 0 Å². The topological polar surface area (TPSA) is 9.72 Å². The first-order chi connectivity index (χ1) is 34.8. The van der Waals surface area contributed by atoms with Crippen molar-refractivity contribution < 1.29 is 0 Å². The maximum absolute atomic E-state index is 2.81. The lowest BCUT2D eigenvalue weighted by molar-refractivity contribution is 0.195. The van der Waals surface area contributed by atoms with E-state index in [1.165, 1.54) is 135 Å². The van der Waals surface area contributed by atoms with Crippen LogP contribution in [-0.2, 0) is 21.7 Å². The molecule has 5 heteroatoms. The smallest absolute Gasteiger partial charge is 0.252 e. The van der Waals surface area contributed by atoms with Crippen LogP contribution in [0.25, 0.3) is 31.3 Å². The highest BCUT2D eigenvalue weighted by Crippen LogP contribution is 2.62. The lowest BCUT2D eigenvalue weighted by Crippen LogP contribution is -2.61. The lowest BCUT2D eigenvalue weighted by atomic mass is 9.33. The van der Waals surface area contributed by atoms with Crippen LogP contribution in [0.15, 0.2) is 164 Å². The fourth-order valence-corrected chi connectivity index (χ4v) is 14.7. The molecule has 0 bridgehead atoms. The SMILES string of the molecule is CC(C)(C)c1cccc(N2c3cc(C(C)(C)C)ccc3B3c4cc5sc6ccccc6c5cc4N(c4ccc(C(C)(C)C)cc4-c4ccccc4)c4cc(N5c6ccccc6C6(C)CCCCC56C)cc2c43)c1. The van der Waals surface area contributed by atoms with Gasteiger partial charge in [0, 0.05) is 71.0 Å². The molecule has 1 fully saturated rings. The molecule has 4 aliphatic rings. The van der Waals surface area contributed by atoms with E-state index in [1.54, 1.807) is 0 Å². The molecule has 1 aliphatic carbocycles. The second-order valence-electron chi connectivity index (χ2n) is 25.3. The van der Waals surface area contributed by atoms with Crippen molar-refractivity contribution in [1.82, 2.24) is 0 Å². The summed E-state index contributed by atoms with van der Waals surface area (Å²) < 4.78 is 2.66. The van der Waals surface area contributed by atoms with Gasteiger partial charge in [-0.15, -0.1) is 11.3 Å². The molecule has 364 valence electrons. The first-order valence-corrected chi connectivity index (χ1v) is 27.7. The predicted octanol–water partition coefficient (Wildman–Crippen LogP) is 17.4. The molecule has 73 heavy (non-hydrogen) atoms. The van der Waals surface area contributed by atoms with Gasteiger partial charge in [0.1, 0.15) is 0 Å². The van der Waals surface area contributed by atoms with E-state index in [0.29, 0.717) is 0 Å². The van der Waals surface area contributed by atoms with Crippen molar-refractivity contribution in [2.24, 2.45) is 0 Å². The third kappa shape index (κ3) is 6.90. The van der Waals surface area contributed by atoms with Crippen molar-refractivity contribution in [3.63, 3.8) is 0 Å². The van der Waals surface area contributed by atoms with E-state index in [1.807, 2.05) is 11.3 Å². The second kappa shape index (κ2) is 16.0. The molecule has 1 saturated carbocycles. The van der Waals surface area contributed by atoms with Crippen LogP contribution >= 0.6 is 11.3 Å². The summed E-state index contributed by atoms with van der Waals surface area (Å²) in [7, 11) is 0. The number of rotatable bonds is 4. The molecule has 0 N–H and O–H groups in total. The van der Waals surface area contributed by atoms with Gasteiger partial charge >= 0.3 is 0 Å². The van der Waals surface area contributed by atoms with Gasteiger partial charge in [0.25, 0.3) is 6.71 Å². The van der Waals surface area contributed by atoms with Crippen LogP contribution in [0.5, 0.6) is 0 Å². The number of para-hydroxylation sites is 1. The van der Waals surface area contributed by atoms with Crippen LogP contribution in [-0.4, -0.2) is 12.3 Å². The van der Waals surface area contributed by atoms with E-state index in [4.69, 9.17) is 0 Å². The summed E-state index contributed by atoms with van der Waals surface area (Å²) in [5.41, 5.74) is 21.7. The van der Waals surface area contributed by atoms with Gasteiger partial charge < -0.3 is 14.7 Å². The average molecular weight is 970 g/mol. The molecule has 2 unspecified atom stereocenters. The standard InChI is InChI=1S/C68H68BN3S/c1-64(2,3)44-24-21-25-47(36-44)70-57-38-46(66(7,8)9)30-32-53(57)69-54-42-62-51(49-26-15-18-29-61(49)73-62)41-58(54)71(55-33-31-45(65(4,5)6)37-50(55)43-22-13-12-14-23-43)60-40-48(39-59(70)63(60)69)72-56-28-17-16-27-52(56)67(10)34-19-20-35-68(67,72)11/h12-18,21-33,36-42H,19-20,34-35H2,1-11H3. The van der Waals surface area contributed by atoms with Crippen LogP contribution in [0.3, 0.4) is 0 Å². The van der Waals surface area contributed by atoms with E-state index in [9.17, 15) is 0 Å². The molecule has 3 aliphatic heterocycles. The molecule has 13 rings (SSSR count). The fourth-order valence-electron chi connectivity index (χ4n) is 13.6. The van der Waals surface area contributed by atoms with E-state index in [0.717, 1.165) is 6.42 Å². The van der Waals surface area contributed by atoms with Gasteiger partial charge in [0.2, 0.25) is 0 Å². The Morgan fingerprint density at radius 1 is 0.452 bits per heavy atom. The largest absolute Gasteiger partial charge is 0.334 e. The van der Waals surface area contributed by atoms with Gasteiger partial charge in [-0.1, -0.05) is 179 Å². The normalized spacial score (nSPS) is 19.2. The van der Waals surface area contributed by atoms with Crippen molar-refractivity contribution in [2.45, 2.75) is 129 Å². The number of hydrogen-bond donors (Lipinski definition) is 0. The van der Waals surface area contributed by atoms with Gasteiger partial charge in [0.05, 0.1) is 11.2 Å². The number of fused-ring (bicyclic) bond motifs is 10. The van der Waals surface area contributed by atoms with Crippen molar-refractivity contribution in [2.75, 3.05) is 14.7 Å². The molecule has 9 aromatic rings. The lowest BCUT2D eigenvalue weighted by Gasteiger charge is -2.51. The molecule has 0 amide bonds. The summed E-state index contributed by atoms with van der Waals surface area (Å²) in [5.74, 6) is 0. The van der Waals surface area contributed by atoms with Crippen LogP contribution < -0.4 is 31.1 Å². The molecule has 2 atom stereocenters. The minimum atomic E-state index is -0.138. The Kier molecular flexibility index (Phi) is 10.1. The third-order valence-corrected chi connectivity index (χ3v) is 19.0. The van der Waals surface area contributed by atoms with Gasteiger partial charge in [-0.2, -0.15) is 0 Å². The quantitative estimate of drug-likeness (QED) is 0.163. The highest BCUT2D eigenvalue weighted by atomic mass is 32.1. The highest BCUT2D eigenvalue weighted by molar-refractivity contribution is 7.26. The summed E-state index contributed by atoms with van der Waals surface area (Å²) in [6.07, 6.45) is 4.77. The summed E-state index contributed by atoms with van der Waals surface area (Å²) in [6, 6.07) is 64.2. The molecular formula is C68H68BN3S. The molecule has 8 aromatic carbocycles. The first-order valence-electron chi connectivity index (χ1n) is 26.9. The van der Waals surface area contributed by atoms with Gasteiger partial charge in [-0.3, -0.25) is 0 Å². The zero-order valence-corrected chi connectivity index (χ0v) is 45.6. The van der Waals surface area contributed by atoms with E-state index in [-0.39, 0.29) is 33.9 Å². The summed E-state index contributed by atoms with van der Waals surface area (Å²) >= 11 is 1.93. The zero-order chi connectivity index (χ0) is 50.6. The molecule has 1 aromatic heterocycles. The van der Waals surface area contributed by atoms with E-state index in [2.05, 4.69) is 255 Å². The Hall–Kier alpha value is -6.56. The van der Waals surface area contributed by atoms with Crippen LogP contribution in [0.1, 0.15) is 124 Å². The minimum Gasteiger partial charge on any atom is -0.334 e. The Bertz CT molecular complexity index is 3710. The maximum Gasteiger partial charge on any atom is 0.252 e. The molecule has 3 nitrogen and oxygen atoms in total. The molecule has 4 heterocycles. The van der Waals surface area contributed by atoms with Crippen molar-refractivity contribution in [3.8, 4) is 11.1 Å². The van der Waals surface area contributed by atoms with Gasteiger partial charge in [0.15, 0.2) is 0 Å². The Balaban J connectivity index is 1.21. The number of hydrogen-bond acceptors (Lipinski definition) is 4. The van der Waals surface area contributed by atoms with E-state index < -0.39 is 0 Å². The van der Waals surface area contributed by atoms with Gasteiger partial charge in [-0.05, 0) is 147 Å². The zero-order valence-electron chi connectivity index (χ0n) is 44.7. The molecular weight excluding hydrogens is 902 g/mol. The monoisotopic (exact) mass is 970 g/mol. The van der Waals surface area contributed by atoms with Gasteiger partial charge in [-0.25, -0.2) is 0 Å². The average Bonchev–Trinajstić information content (AvgIpc) is 3.83. The van der Waals surface area contributed by atoms with Crippen LogP contribution in [0.4, 0.5) is 45.5 Å². The summed E-state index contributed by atoms with van der Waals surface area (Å²) in [4.78, 5) is 8.19. The Morgan fingerprint density at radius 3 is 1.86 bits per heavy atom. The molecule has 0 radical (unpaired) electrons. The number of anilines is 8. The number of benzene rings is 8. The molecule has 0 spiro atoms. The van der Waals surface area contributed by atoms with Crippen molar-refractivity contribution in [3.05, 3.63) is 186 Å². The maximum atomic E-state index is 2.81. The highest BCUT2D eigenvalue weighted by Gasteiger charge is 2.58. The fraction of sp³-hybridized carbons (Fsp3) is 0.294. The van der Waals surface area contributed by atoms with Crippen LogP contribution in [0.2, 0.25) is 0 Å². The Labute approximate surface area is 438 Å². The summed E-state index contributed by atoms with van der Waals surface area (Å²) in [6.45, 7) is 26.3.